The number of pyridine rings is 1. The summed E-state index contributed by atoms with van der Waals surface area (Å²) in [6.45, 7) is 3.78. The Hall–Kier alpha value is -4.01. The monoisotopic (exact) mass is 393 g/mol. The maximum atomic E-state index is 12.2. The molecule has 9 nitrogen and oxygen atoms in total. The van der Waals surface area contributed by atoms with E-state index >= 15 is 0 Å². The Morgan fingerprint density at radius 2 is 1.69 bits per heavy atom. The number of aromatic nitrogens is 3. The number of amides is 2. The molecule has 9 heteroatoms. The van der Waals surface area contributed by atoms with Gasteiger partial charge in [0.1, 0.15) is 5.56 Å². The lowest BCUT2D eigenvalue weighted by Gasteiger charge is -2.09. The highest BCUT2D eigenvalue weighted by Gasteiger charge is 2.16. The third-order valence-corrected chi connectivity index (χ3v) is 4.09. The normalized spacial score (nSPS) is 10.3. The molecule has 2 N–H and O–H groups in total. The van der Waals surface area contributed by atoms with Crippen LogP contribution in [0.25, 0.3) is 5.69 Å². The Kier molecular flexibility index (Phi) is 5.98. The van der Waals surface area contributed by atoms with Crippen molar-refractivity contribution >= 4 is 17.8 Å². The first-order valence-electron chi connectivity index (χ1n) is 8.84. The lowest BCUT2D eigenvalue weighted by Crippen LogP contribution is -2.41. The second-order valence-corrected chi connectivity index (χ2v) is 5.97. The number of nitrogens with one attached hydrogen (secondary N) is 2. The molecule has 0 saturated carbocycles. The van der Waals surface area contributed by atoms with Crippen molar-refractivity contribution in [1.29, 1.82) is 0 Å². The van der Waals surface area contributed by atoms with Gasteiger partial charge in [-0.3, -0.25) is 25.4 Å². The van der Waals surface area contributed by atoms with E-state index in [0.29, 0.717) is 28.1 Å². The molecule has 0 unspecified atom stereocenters. The van der Waals surface area contributed by atoms with Crippen LogP contribution in [0.5, 0.6) is 0 Å². The summed E-state index contributed by atoms with van der Waals surface area (Å²) in [7, 11) is 0. The summed E-state index contributed by atoms with van der Waals surface area (Å²) in [4.78, 5) is 39.9. The summed E-state index contributed by atoms with van der Waals surface area (Å²) in [5.41, 5.74) is 7.04. The summed E-state index contributed by atoms with van der Waals surface area (Å²) in [5, 5.41) is 4.21. The fourth-order valence-corrected chi connectivity index (χ4v) is 2.59. The van der Waals surface area contributed by atoms with Gasteiger partial charge in [-0.1, -0.05) is 0 Å². The van der Waals surface area contributed by atoms with Crippen LogP contribution in [-0.2, 0) is 4.74 Å². The minimum atomic E-state index is -0.474. The maximum Gasteiger partial charge on any atom is 0.341 e. The highest BCUT2D eigenvalue weighted by molar-refractivity contribution is 5.99. The van der Waals surface area contributed by atoms with Crippen molar-refractivity contribution in [2.45, 2.75) is 13.8 Å². The van der Waals surface area contributed by atoms with E-state index in [1.165, 1.54) is 12.4 Å². The smallest absolute Gasteiger partial charge is 0.341 e. The molecular formula is C20H19N5O4. The second kappa shape index (κ2) is 8.79. The van der Waals surface area contributed by atoms with Crippen molar-refractivity contribution in [3.63, 3.8) is 0 Å². The van der Waals surface area contributed by atoms with Crippen LogP contribution in [0.4, 0.5) is 0 Å². The van der Waals surface area contributed by atoms with Crippen LogP contribution in [-0.4, -0.2) is 39.2 Å². The number of nitrogens with zero attached hydrogens (tertiary/aromatic N) is 3. The quantitative estimate of drug-likeness (QED) is 0.505. The van der Waals surface area contributed by atoms with E-state index in [0.717, 1.165) is 0 Å². The Morgan fingerprint density at radius 1 is 1.00 bits per heavy atom. The minimum absolute atomic E-state index is 0.282. The number of ether oxygens (including phenoxy) is 1. The molecule has 0 aliphatic carbocycles. The number of hydrogen-bond donors (Lipinski definition) is 2. The van der Waals surface area contributed by atoms with Crippen LogP contribution in [0.15, 0.2) is 55.0 Å². The first-order chi connectivity index (χ1) is 14.0. The molecule has 2 heterocycles. The predicted octanol–water partition coefficient (Wildman–Crippen LogP) is 1.83. The predicted molar refractivity (Wildman–Crippen MR) is 103 cm³/mol. The summed E-state index contributed by atoms with van der Waals surface area (Å²) in [5.74, 6) is -1.38. The maximum absolute atomic E-state index is 12.2. The molecule has 0 fully saturated rings. The van der Waals surface area contributed by atoms with Gasteiger partial charge in [0.2, 0.25) is 0 Å². The molecule has 0 radical (unpaired) electrons. The van der Waals surface area contributed by atoms with E-state index < -0.39 is 17.8 Å². The number of hydrogen-bond acceptors (Lipinski definition) is 6. The van der Waals surface area contributed by atoms with Gasteiger partial charge in [-0.2, -0.15) is 5.10 Å². The van der Waals surface area contributed by atoms with E-state index in [-0.39, 0.29) is 6.61 Å². The summed E-state index contributed by atoms with van der Waals surface area (Å²) in [6.07, 6.45) is 4.39. The second-order valence-electron chi connectivity index (χ2n) is 5.97. The number of carbonyl (C=O) groups excluding carboxylic acids is 3. The molecule has 0 saturated heterocycles. The largest absolute Gasteiger partial charge is 0.462 e. The molecule has 0 aliphatic rings. The van der Waals surface area contributed by atoms with Crippen LogP contribution >= 0.6 is 0 Å². The Balaban J connectivity index is 1.66. The molecule has 3 aromatic rings. The topological polar surface area (TPSA) is 115 Å². The zero-order valence-electron chi connectivity index (χ0n) is 15.9. The van der Waals surface area contributed by atoms with Gasteiger partial charge in [-0.25, -0.2) is 9.48 Å². The first-order valence-corrected chi connectivity index (χ1v) is 8.84. The number of rotatable bonds is 5. The highest BCUT2D eigenvalue weighted by Crippen LogP contribution is 2.16. The van der Waals surface area contributed by atoms with E-state index in [1.807, 2.05) is 0 Å². The van der Waals surface area contributed by atoms with E-state index in [2.05, 4.69) is 20.9 Å². The Bertz CT molecular complexity index is 1030. The molecule has 2 amide bonds. The average Bonchev–Trinajstić information content (AvgIpc) is 3.14. The van der Waals surface area contributed by atoms with E-state index in [1.54, 1.807) is 61.1 Å². The van der Waals surface area contributed by atoms with Gasteiger partial charge in [0, 0.05) is 18.0 Å². The molecule has 3 rings (SSSR count). The summed E-state index contributed by atoms with van der Waals surface area (Å²) < 4.78 is 6.58. The van der Waals surface area contributed by atoms with Gasteiger partial charge < -0.3 is 4.74 Å². The van der Waals surface area contributed by atoms with Crippen molar-refractivity contribution in [1.82, 2.24) is 25.6 Å². The van der Waals surface area contributed by atoms with E-state index in [9.17, 15) is 14.4 Å². The van der Waals surface area contributed by atoms with Gasteiger partial charge in [-0.15, -0.1) is 0 Å². The number of benzene rings is 1. The highest BCUT2D eigenvalue weighted by atomic mass is 16.5. The number of hydrazine groups is 1. The number of esters is 1. The first kappa shape index (κ1) is 19.7. The lowest BCUT2D eigenvalue weighted by atomic mass is 10.2. The van der Waals surface area contributed by atoms with Gasteiger partial charge in [0.15, 0.2) is 0 Å². The zero-order valence-corrected chi connectivity index (χ0v) is 15.9. The molecule has 1 aromatic carbocycles. The fourth-order valence-electron chi connectivity index (χ4n) is 2.59. The average molecular weight is 393 g/mol. The molecular weight excluding hydrogens is 374 g/mol. The van der Waals surface area contributed by atoms with E-state index in [4.69, 9.17) is 4.74 Å². The van der Waals surface area contributed by atoms with Gasteiger partial charge >= 0.3 is 5.97 Å². The van der Waals surface area contributed by atoms with Crippen molar-refractivity contribution in [2.75, 3.05) is 6.61 Å². The molecule has 2 aromatic heterocycles. The summed E-state index contributed by atoms with van der Waals surface area (Å²) >= 11 is 0. The lowest BCUT2D eigenvalue weighted by molar-refractivity contribution is 0.0525. The summed E-state index contributed by atoms with van der Waals surface area (Å²) in [6, 6.07) is 9.76. The van der Waals surface area contributed by atoms with Crippen molar-refractivity contribution in [2.24, 2.45) is 0 Å². The fraction of sp³-hybridized carbons (Fsp3) is 0.150. The third-order valence-electron chi connectivity index (χ3n) is 4.09. The van der Waals surface area contributed by atoms with Crippen molar-refractivity contribution in [3.05, 3.63) is 77.4 Å². The molecule has 0 bridgehead atoms. The van der Waals surface area contributed by atoms with Crippen LogP contribution < -0.4 is 10.9 Å². The Morgan fingerprint density at radius 3 is 2.31 bits per heavy atom. The van der Waals surface area contributed by atoms with Gasteiger partial charge in [0.05, 0.1) is 29.7 Å². The zero-order chi connectivity index (χ0) is 20.8. The minimum Gasteiger partial charge on any atom is -0.462 e. The molecule has 0 aliphatic heterocycles. The molecule has 0 atom stereocenters. The Labute approximate surface area is 166 Å². The molecule has 29 heavy (non-hydrogen) atoms. The van der Waals surface area contributed by atoms with Crippen LogP contribution in [0.1, 0.15) is 43.7 Å². The van der Waals surface area contributed by atoms with Crippen LogP contribution in [0.3, 0.4) is 0 Å². The SMILES string of the molecule is CCOC(=O)c1cnn(-c2ccc(C(=O)NNC(=O)c3cccnc3)cc2)c1C. The number of carbonyl (C=O) groups is 3. The molecule has 148 valence electrons. The van der Waals surface area contributed by atoms with Gasteiger partial charge in [-0.05, 0) is 50.2 Å². The van der Waals surface area contributed by atoms with Gasteiger partial charge in [0.25, 0.3) is 11.8 Å². The third kappa shape index (κ3) is 4.46. The van der Waals surface area contributed by atoms with Crippen molar-refractivity contribution in [3.8, 4) is 5.69 Å². The van der Waals surface area contributed by atoms with Crippen LogP contribution in [0.2, 0.25) is 0 Å². The standard InChI is InChI=1S/C20H19N5O4/c1-3-29-20(28)17-12-22-25(13(17)2)16-8-6-14(7-9-16)18(26)23-24-19(27)15-5-4-10-21-11-15/h4-12H,3H2,1-2H3,(H,23,26)(H,24,27). The van der Waals surface area contributed by atoms with Crippen molar-refractivity contribution < 1.29 is 19.1 Å². The van der Waals surface area contributed by atoms with Crippen LogP contribution in [0, 0.1) is 6.92 Å². The molecule has 0 spiro atoms.